The molecule has 3 amide bonds. The van der Waals surface area contributed by atoms with E-state index in [1.54, 1.807) is 48.5 Å². The standard InChI is InChI=1S/C28H30N2O5/c1-3-4-5-15-35-28(34)19-10-12-21(13-11-19)29-25(31)20-7-6-8-22(17-20)30-26(32)23-14-9-18(2)16-24(23)27(30)33/h6-13,17,23-24H,3-5,14-16H2,1-2H3,(H,29,31)/t23-,24+/m1/s1. The Kier molecular flexibility index (Phi) is 7.44. The van der Waals surface area contributed by atoms with Gasteiger partial charge in [-0.2, -0.15) is 0 Å². The number of esters is 1. The van der Waals surface area contributed by atoms with Crippen LogP contribution in [-0.4, -0.2) is 30.3 Å². The van der Waals surface area contributed by atoms with Gasteiger partial charge in [-0.1, -0.05) is 37.5 Å². The zero-order valence-electron chi connectivity index (χ0n) is 20.1. The van der Waals surface area contributed by atoms with Crippen molar-refractivity contribution in [2.24, 2.45) is 11.8 Å². The van der Waals surface area contributed by atoms with E-state index < -0.39 is 5.97 Å². The number of ether oxygens (including phenoxy) is 1. The van der Waals surface area contributed by atoms with Crippen LogP contribution in [0.3, 0.4) is 0 Å². The first-order valence-electron chi connectivity index (χ1n) is 12.1. The SMILES string of the molecule is CCCCCOC(=O)c1ccc(NC(=O)c2cccc(N3C(=O)[C@H]4CC(C)=CC[C@H]4C3=O)c2)cc1. The van der Waals surface area contributed by atoms with E-state index in [0.717, 1.165) is 24.8 Å². The molecule has 0 saturated carbocycles. The molecule has 1 aliphatic carbocycles. The van der Waals surface area contributed by atoms with Crippen LogP contribution >= 0.6 is 0 Å². The number of carbonyl (C=O) groups excluding carboxylic acids is 4. The van der Waals surface area contributed by atoms with Gasteiger partial charge in [0.15, 0.2) is 0 Å². The van der Waals surface area contributed by atoms with E-state index in [-0.39, 0.29) is 29.6 Å². The van der Waals surface area contributed by atoms with Gasteiger partial charge in [0, 0.05) is 11.3 Å². The summed E-state index contributed by atoms with van der Waals surface area (Å²) in [6.07, 6.45) is 6.09. The molecule has 0 radical (unpaired) electrons. The number of nitrogens with one attached hydrogen (secondary N) is 1. The lowest BCUT2D eigenvalue weighted by molar-refractivity contribution is -0.122. The smallest absolute Gasteiger partial charge is 0.338 e. The Hall–Kier alpha value is -3.74. The number of anilines is 2. The van der Waals surface area contributed by atoms with Crippen molar-refractivity contribution in [1.29, 1.82) is 0 Å². The van der Waals surface area contributed by atoms with Gasteiger partial charge in [0.25, 0.3) is 5.91 Å². The molecular weight excluding hydrogens is 444 g/mol. The van der Waals surface area contributed by atoms with Crippen LogP contribution in [0.15, 0.2) is 60.2 Å². The van der Waals surface area contributed by atoms with Gasteiger partial charge in [-0.25, -0.2) is 4.79 Å². The maximum atomic E-state index is 13.0. The number of carbonyl (C=O) groups is 4. The minimum absolute atomic E-state index is 0.206. The Labute approximate surface area is 205 Å². The number of hydrogen-bond donors (Lipinski definition) is 1. The summed E-state index contributed by atoms with van der Waals surface area (Å²) < 4.78 is 5.25. The monoisotopic (exact) mass is 474 g/mol. The fourth-order valence-corrected chi connectivity index (χ4v) is 4.57. The highest BCUT2D eigenvalue weighted by Gasteiger charge is 2.48. The molecule has 1 aliphatic heterocycles. The lowest BCUT2D eigenvalue weighted by Gasteiger charge is -2.18. The second kappa shape index (κ2) is 10.7. The first kappa shape index (κ1) is 24.4. The topological polar surface area (TPSA) is 92.8 Å². The van der Waals surface area contributed by atoms with Crippen LogP contribution in [0.5, 0.6) is 0 Å². The average Bonchev–Trinajstić information content (AvgIpc) is 3.11. The average molecular weight is 475 g/mol. The van der Waals surface area contributed by atoms with Crippen LogP contribution in [0, 0.1) is 11.8 Å². The van der Waals surface area contributed by atoms with Crippen molar-refractivity contribution in [3.05, 3.63) is 71.3 Å². The van der Waals surface area contributed by atoms with Crippen molar-refractivity contribution in [3.8, 4) is 0 Å². The van der Waals surface area contributed by atoms with Gasteiger partial charge in [-0.3, -0.25) is 19.3 Å². The predicted octanol–water partition coefficient (Wildman–Crippen LogP) is 5.13. The Morgan fingerprint density at radius 1 is 1.00 bits per heavy atom. The van der Waals surface area contributed by atoms with Crippen molar-refractivity contribution >= 4 is 35.1 Å². The number of allylic oxidation sites excluding steroid dienone is 2. The third-order valence-corrected chi connectivity index (χ3v) is 6.55. The van der Waals surface area contributed by atoms with E-state index in [9.17, 15) is 19.2 Å². The fraction of sp³-hybridized carbons (Fsp3) is 0.357. The minimum atomic E-state index is -0.391. The van der Waals surface area contributed by atoms with E-state index in [1.807, 2.05) is 13.0 Å². The molecule has 2 aliphatic rings. The molecular formula is C28H30N2O5. The molecule has 1 N–H and O–H groups in total. The molecule has 0 aromatic heterocycles. The summed E-state index contributed by atoms with van der Waals surface area (Å²) >= 11 is 0. The molecule has 1 saturated heterocycles. The minimum Gasteiger partial charge on any atom is -0.462 e. The molecule has 2 atom stereocenters. The van der Waals surface area contributed by atoms with Crippen molar-refractivity contribution in [2.45, 2.75) is 46.0 Å². The van der Waals surface area contributed by atoms with Crippen molar-refractivity contribution in [1.82, 2.24) is 0 Å². The number of benzene rings is 2. The Balaban J connectivity index is 1.41. The summed E-state index contributed by atoms with van der Waals surface area (Å²) in [6.45, 7) is 4.45. The van der Waals surface area contributed by atoms with E-state index in [0.29, 0.717) is 42.0 Å². The summed E-state index contributed by atoms with van der Waals surface area (Å²) in [5, 5.41) is 2.79. The maximum absolute atomic E-state index is 13.0. The summed E-state index contributed by atoms with van der Waals surface area (Å²) in [4.78, 5) is 52.1. The summed E-state index contributed by atoms with van der Waals surface area (Å²) in [6, 6.07) is 13.0. The van der Waals surface area contributed by atoms with Crippen LogP contribution in [0.4, 0.5) is 11.4 Å². The van der Waals surface area contributed by atoms with Crippen molar-refractivity contribution in [3.63, 3.8) is 0 Å². The lowest BCUT2D eigenvalue weighted by Crippen LogP contribution is -2.31. The summed E-state index contributed by atoms with van der Waals surface area (Å²) in [5.74, 6) is -1.85. The van der Waals surface area contributed by atoms with Crippen LogP contribution in [0.1, 0.15) is 66.7 Å². The highest BCUT2D eigenvalue weighted by molar-refractivity contribution is 6.22. The summed E-state index contributed by atoms with van der Waals surface area (Å²) in [7, 11) is 0. The van der Waals surface area contributed by atoms with Gasteiger partial charge in [0.05, 0.1) is 29.7 Å². The molecule has 0 unspecified atom stereocenters. The highest BCUT2D eigenvalue weighted by Crippen LogP contribution is 2.39. The van der Waals surface area contributed by atoms with Gasteiger partial charge in [-0.05, 0) is 68.7 Å². The molecule has 4 rings (SSSR count). The predicted molar refractivity (Wildman–Crippen MR) is 133 cm³/mol. The van der Waals surface area contributed by atoms with Crippen LogP contribution in [0.2, 0.25) is 0 Å². The molecule has 182 valence electrons. The largest absolute Gasteiger partial charge is 0.462 e. The lowest BCUT2D eigenvalue weighted by atomic mass is 9.82. The van der Waals surface area contributed by atoms with Gasteiger partial charge in [0.1, 0.15) is 0 Å². The van der Waals surface area contributed by atoms with Crippen molar-refractivity contribution < 1.29 is 23.9 Å². The molecule has 0 bridgehead atoms. The van der Waals surface area contributed by atoms with Gasteiger partial charge in [0.2, 0.25) is 11.8 Å². The zero-order valence-corrected chi connectivity index (χ0v) is 20.1. The van der Waals surface area contributed by atoms with Crippen molar-refractivity contribution in [2.75, 3.05) is 16.8 Å². The van der Waals surface area contributed by atoms with E-state index in [1.165, 1.54) is 4.90 Å². The fourth-order valence-electron chi connectivity index (χ4n) is 4.57. The Morgan fingerprint density at radius 3 is 2.49 bits per heavy atom. The van der Waals surface area contributed by atoms with E-state index in [4.69, 9.17) is 4.74 Å². The molecule has 35 heavy (non-hydrogen) atoms. The molecule has 1 fully saturated rings. The number of imide groups is 1. The number of amides is 3. The first-order valence-corrected chi connectivity index (χ1v) is 12.1. The van der Waals surface area contributed by atoms with E-state index >= 15 is 0 Å². The molecule has 2 aromatic rings. The van der Waals surface area contributed by atoms with Gasteiger partial charge in [-0.15, -0.1) is 0 Å². The first-order chi connectivity index (χ1) is 16.9. The number of unbranched alkanes of at least 4 members (excludes halogenated alkanes) is 2. The number of fused-ring (bicyclic) bond motifs is 1. The highest BCUT2D eigenvalue weighted by atomic mass is 16.5. The zero-order chi connectivity index (χ0) is 24.9. The van der Waals surface area contributed by atoms with Gasteiger partial charge < -0.3 is 10.1 Å². The van der Waals surface area contributed by atoms with Crippen LogP contribution in [-0.2, 0) is 14.3 Å². The number of nitrogens with zero attached hydrogens (tertiary/aromatic N) is 1. The summed E-state index contributed by atoms with van der Waals surface area (Å²) in [5.41, 5.74) is 2.79. The third-order valence-electron chi connectivity index (χ3n) is 6.55. The maximum Gasteiger partial charge on any atom is 0.338 e. The second-order valence-corrected chi connectivity index (χ2v) is 9.14. The molecule has 2 aromatic carbocycles. The van der Waals surface area contributed by atoms with Gasteiger partial charge >= 0.3 is 5.97 Å². The molecule has 7 nitrogen and oxygen atoms in total. The molecule has 0 spiro atoms. The van der Waals surface area contributed by atoms with E-state index in [2.05, 4.69) is 12.2 Å². The molecule has 7 heteroatoms. The molecule has 1 heterocycles. The van der Waals surface area contributed by atoms with Crippen LogP contribution in [0.25, 0.3) is 0 Å². The quantitative estimate of drug-likeness (QED) is 0.248. The Bertz CT molecular complexity index is 1170. The normalized spacial score (nSPS) is 19.3. The third kappa shape index (κ3) is 5.34. The number of rotatable bonds is 8. The van der Waals surface area contributed by atoms with Crippen LogP contribution < -0.4 is 10.2 Å². The Morgan fingerprint density at radius 2 is 1.74 bits per heavy atom. The number of hydrogen-bond acceptors (Lipinski definition) is 5. The second-order valence-electron chi connectivity index (χ2n) is 9.14.